The van der Waals surface area contributed by atoms with Crippen molar-refractivity contribution >= 4 is 15.8 Å². The standard InChI is InChI=1S/C13H18FNO4S/c1-3-20(17,18)7-6-15-9-10-4-5-11(12(14)8-10)13(16)19-2/h4-5,8,15H,3,6-7,9H2,1-2H3. The predicted octanol–water partition coefficient (Wildman–Crippen LogP) is 1.14. The number of methoxy groups -OCH3 is 1. The van der Waals surface area contributed by atoms with Gasteiger partial charge in [-0.25, -0.2) is 17.6 Å². The largest absolute Gasteiger partial charge is 0.465 e. The minimum atomic E-state index is -3.00. The van der Waals surface area contributed by atoms with E-state index in [1.165, 1.54) is 19.2 Å². The third-order valence-electron chi connectivity index (χ3n) is 2.80. The second-order valence-electron chi connectivity index (χ2n) is 4.22. The molecule has 0 amide bonds. The van der Waals surface area contributed by atoms with Crippen LogP contribution in [0.1, 0.15) is 22.8 Å². The quantitative estimate of drug-likeness (QED) is 0.604. The Morgan fingerprint density at radius 1 is 1.40 bits per heavy atom. The molecule has 0 spiro atoms. The van der Waals surface area contributed by atoms with E-state index in [4.69, 9.17) is 0 Å². The van der Waals surface area contributed by atoms with Crippen LogP contribution in [0, 0.1) is 5.82 Å². The van der Waals surface area contributed by atoms with Gasteiger partial charge < -0.3 is 10.1 Å². The second-order valence-corrected chi connectivity index (χ2v) is 6.69. The number of nitrogens with one attached hydrogen (secondary N) is 1. The van der Waals surface area contributed by atoms with Crippen molar-refractivity contribution in [1.29, 1.82) is 0 Å². The molecule has 1 N–H and O–H groups in total. The van der Waals surface area contributed by atoms with Crippen LogP contribution in [0.3, 0.4) is 0 Å². The smallest absolute Gasteiger partial charge is 0.340 e. The number of carbonyl (C=O) groups excluding carboxylic acids is 1. The number of ether oxygens (including phenoxy) is 1. The molecule has 0 bridgehead atoms. The topological polar surface area (TPSA) is 72.5 Å². The van der Waals surface area contributed by atoms with Crippen molar-refractivity contribution in [3.8, 4) is 0 Å². The zero-order valence-corrected chi connectivity index (χ0v) is 12.3. The van der Waals surface area contributed by atoms with Gasteiger partial charge in [0.05, 0.1) is 18.4 Å². The van der Waals surface area contributed by atoms with Gasteiger partial charge >= 0.3 is 5.97 Å². The van der Waals surface area contributed by atoms with E-state index < -0.39 is 21.6 Å². The Hall–Kier alpha value is -1.47. The molecule has 0 fully saturated rings. The van der Waals surface area contributed by atoms with E-state index in [9.17, 15) is 17.6 Å². The van der Waals surface area contributed by atoms with E-state index in [0.717, 1.165) is 0 Å². The summed E-state index contributed by atoms with van der Waals surface area (Å²) in [7, 11) is -1.82. The molecule has 7 heteroatoms. The van der Waals surface area contributed by atoms with Crippen LogP contribution in [0.5, 0.6) is 0 Å². The first-order valence-electron chi connectivity index (χ1n) is 6.17. The number of halogens is 1. The molecule has 1 aromatic rings. The van der Waals surface area contributed by atoms with Gasteiger partial charge in [-0.05, 0) is 17.7 Å². The Morgan fingerprint density at radius 2 is 2.10 bits per heavy atom. The summed E-state index contributed by atoms with van der Waals surface area (Å²) in [5, 5.41) is 2.92. The van der Waals surface area contributed by atoms with Crippen molar-refractivity contribution in [2.45, 2.75) is 13.5 Å². The van der Waals surface area contributed by atoms with Crippen molar-refractivity contribution < 1.29 is 22.3 Å². The van der Waals surface area contributed by atoms with E-state index in [-0.39, 0.29) is 17.1 Å². The van der Waals surface area contributed by atoms with Gasteiger partial charge in [0.2, 0.25) is 0 Å². The maximum absolute atomic E-state index is 13.6. The Kier molecular flexibility index (Phi) is 6.09. The lowest BCUT2D eigenvalue weighted by atomic mass is 10.1. The van der Waals surface area contributed by atoms with Gasteiger partial charge in [0.25, 0.3) is 0 Å². The van der Waals surface area contributed by atoms with Crippen LogP contribution in [-0.2, 0) is 21.1 Å². The van der Waals surface area contributed by atoms with Crippen LogP contribution >= 0.6 is 0 Å². The van der Waals surface area contributed by atoms with Gasteiger partial charge in [-0.15, -0.1) is 0 Å². The van der Waals surface area contributed by atoms with E-state index in [1.54, 1.807) is 13.0 Å². The molecule has 0 aliphatic carbocycles. The monoisotopic (exact) mass is 303 g/mol. The van der Waals surface area contributed by atoms with Crippen molar-refractivity contribution in [3.63, 3.8) is 0 Å². The van der Waals surface area contributed by atoms with E-state index in [0.29, 0.717) is 18.7 Å². The molecule has 1 aromatic carbocycles. The highest BCUT2D eigenvalue weighted by Crippen LogP contribution is 2.11. The molecule has 0 aliphatic rings. The summed E-state index contributed by atoms with van der Waals surface area (Å²) < 4.78 is 40.6. The minimum Gasteiger partial charge on any atom is -0.465 e. The zero-order chi connectivity index (χ0) is 15.2. The van der Waals surface area contributed by atoms with E-state index in [1.807, 2.05) is 0 Å². The molecule has 112 valence electrons. The average molecular weight is 303 g/mol. The first kappa shape index (κ1) is 16.6. The Balaban J connectivity index is 2.54. The third kappa shape index (κ3) is 4.90. The SMILES string of the molecule is CCS(=O)(=O)CCNCc1ccc(C(=O)OC)c(F)c1. The lowest BCUT2D eigenvalue weighted by Crippen LogP contribution is -2.23. The molecular weight excluding hydrogens is 285 g/mol. The number of sulfone groups is 1. The molecule has 0 unspecified atom stereocenters. The lowest BCUT2D eigenvalue weighted by molar-refractivity contribution is 0.0595. The summed E-state index contributed by atoms with van der Waals surface area (Å²) in [4.78, 5) is 11.2. The molecule has 5 nitrogen and oxygen atoms in total. The normalized spacial score (nSPS) is 11.3. The van der Waals surface area contributed by atoms with Gasteiger partial charge in [-0.2, -0.15) is 0 Å². The fourth-order valence-corrected chi connectivity index (χ4v) is 2.29. The average Bonchev–Trinajstić information content (AvgIpc) is 2.43. The summed E-state index contributed by atoms with van der Waals surface area (Å²) in [5.41, 5.74) is 0.508. The van der Waals surface area contributed by atoms with Crippen LogP contribution < -0.4 is 5.32 Å². The highest BCUT2D eigenvalue weighted by Gasteiger charge is 2.12. The Bertz CT molecular complexity index is 572. The van der Waals surface area contributed by atoms with Gasteiger partial charge in [0, 0.05) is 18.8 Å². The highest BCUT2D eigenvalue weighted by atomic mass is 32.2. The zero-order valence-electron chi connectivity index (χ0n) is 11.5. The molecular formula is C13H18FNO4S. The number of hydrogen-bond acceptors (Lipinski definition) is 5. The van der Waals surface area contributed by atoms with Gasteiger partial charge in [-0.1, -0.05) is 13.0 Å². The van der Waals surface area contributed by atoms with E-state index >= 15 is 0 Å². The molecule has 0 aliphatic heterocycles. The molecule has 0 saturated carbocycles. The van der Waals surface area contributed by atoms with Crippen LogP contribution in [0.4, 0.5) is 4.39 Å². The lowest BCUT2D eigenvalue weighted by Gasteiger charge is -2.07. The van der Waals surface area contributed by atoms with Crippen LogP contribution in [-0.4, -0.2) is 39.5 Å². The van der Waals surface area contributed by atoms with E-state index in [2.05, 4.69) is 10.1 Å². The van der Waals surface area contributed by atoms with Crippen molar-refractivity contribution in [1.82, 2.24) is 5.32 Å². The summed E-state index contributed by atoms with van der Waals surface area (Å²) in [6.45, 7) is 2.23. The Morgan fingerprint density at radius 3 is 2.65 bits per heavy atom. The first-order valence-corrected chi connectivity index (χ1v) is 7.99. The fraction of sp³-hybridized carbons (Fsp3) is 0.462. The molecule has 0 radical (unpaired) electrons. The van der Waals surface area contributed by atoms with Crippen LogP contribution in [0.25, 0.3) is 0 Å². The maximum atomic E-state index is 13.6. The number of benzene rings is 1. The highest BCUT2D eigenvalue weighted by molar-refractivity contribution is 7.91. The van der Waals surface area contributed by atoms with Crippen molar-refractivity contribution in [2.24, 2.45) is 0 Å². The van der Waals surface area contributed by atoms with Crippen molar-refractivity contribution in [3.05, 3.63) is 35.1 Å². The molecule has 20 heavy (non-hydrogen) atoms. The first-order chi connectivity index (χ1) is 9.39. The van der Waals surface area contributed by atoms with Gasteiger partial charge in [0.15, 0.2) is 9.84 Å². The molecule has 0 saturated heterocycles. The van der Waals surface area contributed by atoms with Gasteiger partial charge in [-0.3, -0.25) is 0 Å². The molecule has 0 heterocycles. The minimum absolute atomic E-state index is 0.0478. The summed E-state index contributed by atoms with van der Waals surface area (Å²) in [6.07, 6.45) is 0. The maximum Gasteiger partial charge on any atom is 0.340 e. The summed E-state index contributed by atoms with van der Waals surface area (Å²) >= 11 is 0. The molecule has 1 rings (SSSR count). The second kappa shape index (κ2) is 7.35. The third-order valence-corrected chi connectivity index (χ3v) is 4.50. The molecule has 0 aromatic heterocycles. The number of rotatable bonds is 7. The van der Waals surface area contributed by atoms with Crippen LogP contribution in [0.2, 0.25) is 0 Å². The van der Waals surface area contributed by atoms with Crippen LogP contribution in [0.15, 0.2) is 18.2 Å². The van der Waals surface area contributed by atoms with Crippen molar-refractivity contribution in [2.75, 3.05) is 25.2 Å². The number of esters is 1. The predicted molar refractivity (Wildman–Crippen MR) is 73.8 cm³/mol. The Labute approximate surface area is 118 Å². The number of carbonyl (C=O) groups is 1. The number of hydrogen-bond donors (Lipinski definition) is 1. The molecule has 0 atom stereocenters. The fourth-order valence-electron chi connectivity index (χ4n) is 1.55. The van der Waals surface area contributed by atoms with Gasteiger partial charge in [0.1, 0.15) is 5.82 Å². The summed E-state index contributed by atoms with van der Waals surface area (Å²) in [6, 6.07) is 4.17. The summed E-state index contributed by atoms with van der Waals surface area (Å²) in [5.74, 6) is -1.23.